The van der Waals surface area contributed by atoms with Gasteiger partial charge in [-0.15, -0.1) is 0 Å². The molecule has 0 bridgehead atoms. The molecule has 1 aliphatic rings. The first-order valence-corrected chi connectivity index (χ1v) is 6.82. The summed E-state index contributed by atoms with van der Waals surface area (Å²) in [6, 6.07) is 6.58. The summed E-state index contributed by atoms with van der Waals surface area (Å²) in [6.07, 6.45) is 4.28. The molecule has 4 heteroatoms. The molecule has 0 amide bonds. The second-order valence-electron chi connectivity index (χ2n) is 5.19. The number of hydrogen-bond donors (Lipinski definition) is 0. The van der Waals surface area contributed by atoms with Crippen molar-refractivity contribution in [1.82, 2.24) is 15.0 Å². The molecule has 4 nitrogen and oxygen atoms in total. The lowest BCUT2D eigenvalue weighted by atomic mass is 10.1. The van der Waals surface area contributed by atoms with E-state index < -0.39 is 0 Å². The van der Waals surface area contributed by atoms with Gasteiger partial charge in [-0.25, -0.2) is 0 Å². The van der Waals surface area contributed by atoms with Crippen molar-refractivity contribution in [1.29, 1.82) is 0 Å². The quantitative estimate of drug-likeness (QED) is 0.847. The predicted octanol–water partition coefficient (Wildman–Crippen LogP) is 3.02. The first-order valence-electron chi connectivity index (χ1n) is 6.82. The average Bonchev–Trinajstić information content (AvgIpc) is 3.02. The average molecular weight is 257 g/mol. The molecule has 1 saturated heterocycles. The molecule has 19 heavy (non-hydrogen) atoms. The molecule has 2 aromatic rings. The summed E-state index contributed by atoms with van der Waals surface area (Å²) in [4.78, 5) is 6.99. The van der Waals surface area contributed by atoms with E-state index in [0.29, 0.717) is 6.04 Å². The Kier molecular flexibility index (Phi) is 3.34. The second kappa shape index (κ2) is 5.13. The van der Waals surface area contributed by atoms with Gasteiger partial charge in [0, 0.05) is 18.3 Å². The third-order valence-electron chi connectivity index (χ3n) is 3.94. The van der Waals surface area contributed by atoms with Crippen LogP contribution in [-0.4, -0.2) is 21.6 Å². The predicted molar refractivity (Wildman–Crippen MR) is 72.6 cm³/mol. The molecule has 0 aliphatic carbocycles. The highest BCUT2D eigenvalue weighted by atomic mass is 16.5. The van der Waals surface area contributed by atoms with Crippen LogP contribution in [0.25, 0.3) is 0 Å². The molecule has 0 N–H and O–H groups in total. The molecule has 0 spiro atoms. The SMILES string of the molecule is Cc1noc(C)c1CN1CCCC1c1ccccn1. The van der Waals surface area contributed by atoms with Crippen molar-refractivity contribution < 1.29 is 4.52 Å². The van der Waals surface area contributed by atoms with Gasteiger partial charge in [-0.2, -0.15) is 0 Å². The molecule has 1 atom stereocenters. The molecule has 1 unspecified atom stereocenters. The van der Waals surface area contributed by atoms with E-state index in [-0.39, 0.29) is 0 Å². The van der Waals surface area contributed by atoms with Crippen LogP contribution < -0.4 is 0 Å². The Balaban J connectivity index is 1.81. The molecule has 0 saturated carbocycles. The van der Waals surface area contributed by atoms with Gasteiger partial charge in [-0.1, -0.05) is 11.2 Å². The molecule has 2 aromatic heterocycles. The Labute approximate surface area is 113 Å². The summed E-state index contributed by atoms with van der Waals surface area (Å²) in [5.74, 6) is 0.934. The molecule has 0 aromatic carbocycles. The normalized spacial score (nSPS) is 20.0. The Hall–Kier alpha value is -1.68. The van der Waals surface area contributed by atoms with Crippen LogP contribution in [0.5, 0.6) is 0 Å². The van der Waals surface area contributed by atoms with Crippen molar-refractivity contribution in [3.05, 3.63) is 47.1 Å². The monoisotopic (exact) mass is 257 g/mol. The lowest BCUT2D eigenvalue weighted by Crippen LogP contribution is -2.23. The molecular weight excluding hydrogens is 238 g/mol. The smallest absolute Gasteiger partial charge is 0.138 e. The van der Waals surface area contributed by atoms with Gasteiger partial charge in [0.25, 0.3) is 0 Å². The summed E-state index contributed by atoms with van der Waals surface area (Å²) >= 11 is 0. The minimum atomic E-state index is 0.426. The number of aryl methyl sites for hydroxylation is 2. The van der Waals surface area contributed by atoms with Gasteiger partial charge in [-0.3, -0.25) is 9.88 Å². The topological polar surface area (TPSA) is 42.2 Å². The molecule has 0 radical (unpaired) electrons. The minimum Gasteiger partial charge on any atom is -0.361 e. The number of likely N-dealkylation sites (tertiary alicyclic amines) is 1. The maximum Gasteiger partial charge on any atom is 0.138 e. The number of pyridine rings is 1. The molecule has 100 valence electrons. The molecule has 1 aliphatic heterocycles. The number of aromatic nitrogens is 2. The Morgan fingerprint density at radius 2 is 2.26 bits per heavy atom. The fraction of sp³-hybridized carbons (Fsp3) is 0.467. The first kappa shape index (κ1) is 12.4. The standard InChI is InChI=1S/C15H19N3O/c1-11-13(12(2)19-17-11)10-18-9-5-7-15(18)14-6-3-4-8-16-14/h3-4,6,8,15H,5,7,9-10H2,1-2H3. The van der Waals surface area contributed by atoms with E-state index in [4.69, 9.17) is 4.52 Å². The number of nitrogens with zero attached hydrogens (tertiary/aromatic N) is 3. The summed E-state index contributed by atoms with van der Waals surface area (Å²) in [5.41, 5.74) is 3.40. The third-order valence-corrected chi connectivity index (χ3v) is 3.94. The zero-order chi connectivity index (χ0) is 13.2. The van der Waals surface area contributed by atoms with Gasteiger partial charge < -0.3 is 4.52 Å². The molecular formula is C15H19N3O. The third kappa shape index (κ3) is 2.40. The van der Waals surface area contributed by atoms with E-state index in [0.717, 1.165) is 24.5 Å². The van der Waals surface area contributed by atoms with E-state index in [1.165, 1.54) is 24.1 Å². The van der Waals surface area contributed by atoms with Gasteiger partial charge in [0.15, 0.2) is 0 Å². The minimum absolute atomic E-state index is 0.426. The van der Waals surface area contributed by atoms with Crippen molar-refractivity contribution in [2.24, 2.45) is 0 Å². The maximum atomic E-state index is 5.25. The van der Waals surface area contributed by atoms with Gasteiger partial charge >= 0.3 is 0 Å². The highest BCUT2D eigenvalue weighted by Crippen LogP contribution is 2.32. The zero-order valence-corrected chi connectivity index (χ0v) is 11.5. The Morgan fingerprint density at radius 1 is 1.37 bits per heavy atom. The largest absolute Gasteiger partial charge is 0.361 e. The van der Waals surface area contributed by atoms with E-state index in [1.807, 2.05) is 26.1 Å². The Bertz CT molecular complexity index is 530. The van der Waals surface area contributed by atoms with Crippen molar-refractivity contribution in [2.45, 2.75) is 39.3 Å². The van der Waals surface area contributed by atoms with Crippen LogP contribution in [0.15, 0.2) is 28.9 Å². The van der Waals surface area contributed by atoms with Gasteiger partial charge in [0.2, 0.25) is 0 Å². The van der Waals surface area contributed by atoms with Crippen molar-refractivity contribution in [3.63, 3.8) is 0 Å². The van der Waals surface area contributed by atoms with Crippen molar-refractivity contribution >= 4 is 0 Å². The van der Waals surface area contributed by atoms with Crippen LogP contribution in [-0.2, 0) is 6.54 Å². The summed E-state index contributed by atoms with van der Waals surface area (Å²) in [5, 5.41) is 4.04. The molecule has 1 fully saturated rings. The number of hydrogen-bond acceptors (Lipinski definition) is 4. The summed E-state index contributed by atoms with van der Waals surface area (Å²) in [7, 11) is 0. The van der Waals surface area contributed by atoms with Gasteiger partial charge in [0.05, 0.1) is 17.4 Å². The van der Waals surface area contributed by atoms with Crippen LogP contribution >= 0.6 is 0 Å². The van der Waals surface area contributed by atoms with E-state index >= 15 is 0 Å². The van der Waals surface area contributed by atoms with Gasteiger partial charge in [-0.05, 0) is 45.4 Å². The van der Waals surface area contributed by atoms with Crippen molar-refractivity contribution in [2.75, 3.05) is 6.54 Å². The Morgan fingerprint density at radius 3 is 2.95 bits per heavy atom. The first-order chi connectivity index (χ1) is 9.25. The van der Waals surface area contributed by atoms with Crippen LogP contribution in [0.3, 0.4) is 0 Å². The lowest BCUT2D eigenvalue weighted by Gasteiger charge is -2.23. The lowest BCUT2D eigenvalue weighted by molar-refractivity contribution is 0.242. The van der Waals surface area contributed by atoms with Crippen LogP contribution in [0.1, 0.15) is 41.6 Å². The van der Waals surface area contributed by atoms with E-state index in [9.17, 15) is 0 Å². The van der Waals surface area contributed by atoms with E-state index in [2.05, 4.69) is 27.2 Å². The maximum absolute atomic E-state index is 5.25. The zero-order valence-electron chi connectivity index (χ0n) is 11.5. The second-order valence-corrected chi connectivity index (χ2v) is 5.19. The highest BCUT2D eigenvalue weighted by Gasteiger charge is 2.28. The fourth-order valence-electron chi connectivity index (χ4n) is 2.85. The van der Waals surface area contributed by atoms with Crippen LogP contribution in [0.4, 0.5) is 0 Å². The van der Waals surface area contributed by atoms with E-state index in [1.54, 1.807) is 0 Å². The van der Waals surface area contributed by atoms with Crippen molar-refractivity contribution in [3.8, 4) is 0 Å². The number of rotatable bonds is 3. The summed E-state index contributed by atoms with van der Waals surface area (Å²) < 4.78 is 5.25. The molecule has 3 heterocycles. The molecule has 3 rings (SSSR count). The summed E-state index contributed by atoms with van der Waals surface area (Å²) in [6.45, 7) is 6.02. The highest BCUT2D eigenvalue weighted by molar-refractivity contribution is 5.21. The fourth-order valence-corrected chi connectivity index (χ4v) is 2.85. The van der Waals surface area contributed by atoms with Crippen LogP contribution in [0.2, 0.25) is 0 Å². The van der Waals surface area contributed by atoms with Gasteiger partial charge in [0.1, 0.15) is 5.76 Å². The van der Waals surface area contributed by atoms with Crippen LogP contribution in [0, 0.1) is 13.8 Å².